The minimum atomic E-state index is -0.538. The standard InChI is InChI=1S/C22H22FN5O3/c1-14(29)25-16-5-3-4-15(10-16)20-13-28(8-9-31-20)22-26-19(11-21(30)27(22)2)17-6-7-24-12-18(17)23/h3-7,10-12,20H,8-9,13H2,1-2H3,(H,25,29)/t20-/m1/s1. The van der Waals surface area contributed by atoms with Gasteiger partial charge in [-0.3, -0.25) is 19.1 Å². The molecule has 1 aliphatic heterocycles. The van der Waals surface area contributed by atoms with Gasteiger partial charge in [0.1, 0.15) is 6.10 Å². The van der Waals surface area contributed by atoms with E-state index >= 15 is 0 Å². The van der Waals surface area contributed by atoms with Crippen LogP contribution in [0.2, 0.25) is 0 Å². The number of carbonyl (C=O) groups is 1. The van der Waals surface area contributed by atoms with Crippen molar-refractivity contribution in [3.05, 3.63) is 70.5 Å². The summed E-state index contributed by atoms with van der Waals surface area (Å²) < 4.78 is 21.6. The molecule has 0 spiro atoms. The van der Waals surface area contributed by atoms with Crippen molar-refractivity contribution in [3.63, 3.8) is 0 Å². The van der Waals surface area contributed by atoms with Gasteiger partial charge in [0.2, 0.25) is 11.9 Å². The van der Waals surface area contributed by atoms with Crippen LogP contribution in [0.3, 0.4) is 0 Å². The van der Waals surface area contributed by atoms with Gasteiger partial charge in [0.05, 0.1) is 25.0 Å². The molecule has 3 aromatic rings. The minimum Gasteiger partial charge on any atom is -0.370 e. The SMILES string of the molecule is CC(=O)Nc1cccc([C@H]2CN(c3nc(-c4ccncc4F)cc(=O)n3C)CCO2)c1. The zero-order valence-electron chi connectivity index (χ0n) is 17.2. The van der Waals surface area contributed by atoms with Gasteiger partial charge in [-0.25, -0.2) is 9.37 Å². The molecule has 1 amide bonds. The second kappa shape index (κ2) is 8.65. The Hall–Kier alpha value is -3.59. The zero-order chi connectivity index (χ0) is 22.0. The number of pyridine rings is 1. The molecule has 1 aliphatic rings. The summed E-state index contributed by atoms with van der Waals surface area (Å²) in [5, 5.41) is 2.77. The van der Waals surface area contributed by atoms with Crippen molar-refractivity contribution < 1.29 is 13.9 Å². The van der Waals surface area contributed by atoms with Gasteiger partial charge in [0, 0.05) is 44.0 Å². The first-order chi connectivity index (χ1) is 14.9. The number of morpholine rings is 1. The first kappa shape index (κ1) is 20.7. The van der Waals surface area contributed by atoms with Crippen LogP contribution in [-0.4, -0.2) is 40.1 Å². The number of hydrogen-bond acceptors (Lipinski definition) is 6. The van der Waals surface area contributed by atoms with Crippen molar-refractivity contribution in [2.45, 2.75) is 13.0 Å². The predicted molar refractivity (Wildman–Crippen MR) is 114 cm³/mol. The molecule has 1 fully saturated rings. The molecule has 31 heavy (non-hydrogen) atoms. The lowest BCUT2D eigenvalue weighted by molar-refractivity contribution is -0.114. The maximum Gasteiger partial charge on any atom is 0.255 e. The molecule has 3 heterocycles. The van der Waals surface area contributed by atoms with Gasteiger partial charge in [-0.2, -0.15) is 0 Å². The molecule has 160 valence electrons. The minimum absolute atomic E-state index is 0.150. The normalized spacial score (nSPS) is 16.2. The number of anilines is 2. The lowest BCUT2D eigenvalue weighted by Gasteiger charge is -2.34. The molecule has 1 N–H and O–H groups in total. The fourth-order valence-corrected chi connectivity index (χ4v) is 3.58. The van der Waals surface area contributed by atoms with Gasteiger partial charge in [-0.05, 0) is 23.8 Å². The first-order valence-corrected chi connectivity index (χ1v) is 9.84. The summed E-state index contributed by atoms with van der Waals surface area (Å²) in [6.07, 6.45) is 2.28. The van der Waals surface area contributed by atoms with Crippen molar-refractivity contribution in [2.75, 3.05) is 29.9 Å². The topological polar surface area (TPSA) is 89.4 Å². The van der Waals surface area contributed by atoms with Crippen molar-refractivity contribution in [1.29, 1.82) is 0 Å². The summed E-state index contributed by atoms with van der Waals surface area (Å²) in [7, 11) is 1.64. The van der Waals surface area contributed by atoms with Crippen molar-refractivity contribution in [2.24, 2.45) is 7.05 Å². The molecule has 4 rings (SSSR count). The van der Waals surface area contributed by atoms with Gasteiger partial charge >= 0.3 is 0 Å². The number of halogens is 1. The summed E-state index contributed by atoms with van der Waals surface area (Å²) >= 11 is 0. The number of rotatable bonds is 4. The van der Waals surface area contributed by atoms with Crippen LogP contribution in [0.4, 0.5) is 16.0 Å². The molecular weight excluding hydrogens is 401 g/mol. The quantitative estimate of drug-likeness (QED) is 0.694. The van der Waals surface area contributed by atoms with Gasteiger partial charge in [0.25, 0.3) is 5.56 Å². The largest absolute Gasteiger partial charge is 0.370 e. The molecule has 0 saturated carbocycles. The molecule has 9 heteroatoms. The monoisotopic (exact) mass is 423 g/mol. The maximum atomic E-state index is 14.2. The van der Waals surface area contributed by atoms with E-state index in [4.69, 9.17) is 4.74 Å². The second-order valence-electron chi connectivity index (χ2n) is 7.31. The zero-order valence-corrected chi connectivity index (χ0v) is 17.2. The van der Waals surface area contributed by atoms with Crippen LogP contribution in [0.25, 0.3) is 11.3 Å². The number of amides is 1. The highest BCUT2D eigenvalue weighted by molar-refractivity contribution is 5.88. The Labute approximate surface area is 178 Å². The average molecular weight is 423 g/mol. The summed E-state index contributed by atoms with van der Waals surface area (Å²) in [5.74, 6) is -0.253. The third-order valence-corrected chi connectivity index (χ3v) is 5.09. The Morgan fingerprint density at radius 2 is 2.13 bits per heavy atom. The van der Waals surface area contributed by atoms with E-state index in [2.05, 4.69) is 15.3 Å². The highest BCUT2D eigenvalue weighted by atomic mass is 19.1. The molecule has 0 unspecified atom stereocenters. The van der Waals surface area contributed by atoms with Gasteiger partial charge < -0.3 is 15.0 Å². The number of nitrogens with zero attached hydrogens (tertiary/aromatic N) is 4. The number of hydrogen-bond donors (Lipinski definition) is 1. The fraction of sp³-hybridized carbons (Fsp3) is 0.273. The maximum absolute atomic E-state index is 14.2. The fourth-order valence-electron chi connectivity index (χ4n) is 3.58. The average Bonchev–Trinajstić information content (AvgIpc) is 2.76. The molecule has 1 saturated heterocycles. The van der Waals surface area contributed by atoms with Crippen LogP contribution in [0.15, 0.2) is 53.6 Å². The van der Waals surface area contributed by atoms with E-state index in [9.17, 15) is 14.0 Å². The number of ether oxygens (including phenoxy) is 1. The Morgan fingerprint density at radius 3 is 2.90 bits per heavy atom. The van der Waals surface area contributed by atoms with E-state index in [1.54, 1.807) is 7.05 Å². The number of benzene rings is 1. The van der Waals surface area contributed by atoms with E-state index in [1.165, 1.54) is 29.8 Å². The Balaban J connectivity index is 1.65. The molecule has 2 aromatic heterocycles. The summed E-state index contributed by atoms with van der Waals surface area (Å²) in [6.45, 7) is 2.87. The van der Waals surface area contributed by atoms with Crippen molar-refractivity contribution in [1.82, 2.24) is 14.5 Å². The first-order valence-electron chi connectivity index (χ1n) is 9.84. The predicted octanol–water partition coefficient (Wildman–Crippen LogP) is 2.52. The Kier molecular flexibility index (Phi) is 5.77. The summed E-state index contributed by atoms with van der Waals surface area (Å²) in [6, 6.07) is 10.3. The lowest BCUT2D eigenvalue weighted by Crippen LogP contribution is -2.41. The van der Waals surface area contributed by atoms with Crippen LogP contribution in [-0.2, 0) is 16.6 Å². The highest BCUT2D eigenvalue weighted by Gasteiger charge is 2.25. The summed E-state index contributed by atoms with van der Waals surface area (Å²) in [5.41, 5.74) is 1.78. The van der Waals surface area contributed by atoms with Crippen LogP contribution in [0.1, 0.15) is 18.6 Å². The van der Waals surface area contributed by atoms with Crippen LogP contribution < -0.4 is 15.8 Å². The molecule has 0 radical (unpaired) electrons. The Bertz CT molecular complexity index is 1180. The van der Waals surface area contributed by atoms with Gasteiger partial charge in [-0.15, -0.1) is 0 Å². The molecule has 8 nitrogen and oxygen atoms in total. The molecule has 1 aromatic carbocycles. The highest BCUT2D eigenvalue weighted by Crippen LogP contribution is 2.28. The van der Waals surface area contributed by atoms with E-state index in [-0.39, 0.29) is 28.8 Å². The van der Waals surface area contributed by atoms with Crippen LogP contribution in [0, 0.1) is 5.82 Å². The van der Waals surface area contributed by atoms with Crippen LogP contribution >= 0.6 is 0 Å². The third kappa shape index (κ3) is 4.46. The van der Waals surface area contributed by atoms with Crippen molar-refractivity contribution in [3.8, 4) is 11.3 Å². The number of aromatic nitrogens is 3. The van der Waals surface area contributed by atoms with E-state index in [1.807, 2.05) is 29.2 Å². The second-order valence-corrected chi connectivity index (χ2v) is 7.31. The molecule has 0 aliphatic carbocycles. The van der Waals surface area contributed by atoms with Gasteiger partial charge in [0.15, 0.2) is 5.82 Å². The number of nitrogens with one attached hydrogen (secondary N) is 1. The van der Waals surface area contributed by atoms with E-state index in [0.29, 0.717) is 31.3 Å². The molecule has 0 bridgehead atoms. The Morgan fingerprint density at radius 1 is 1.29 bits per heavy atom. The van der Waals surface area contributed by atoms with E-state index < -0.39 is 5.82 Å². The van der Waals surface area contributed by atoms with E-state index in [0.717, 1.165) is 11.8 Å². The molecule has 1 atom stereocenters. The smallest absolute Gasteiger partial charge is 0.255 e. The molecular formula is C22H22FN5O3. The van der Waals surface area contributed by atoms with Gasteiger partial charge in [-0.1, -0.05) is 12.1 Å². The lowest BCUT2D eigenvalue weighted by atomic mass is 10.1. The van der Waals surface area contributed by atoms with Crippen molar-refractivity contribution >= 4 is 17.5 Å². The third-order valence-electron chi connectivity index (χ3n) is 5.09. The summed E-state index contributed by atoms with van der Waals surface area (Å²) in [4.78, 5) is 34.2. The van der Waals surface area contributed by atoms with Crippen LogP contribution in [0.5, 0.6) is 0 Å². The number of carbonyl (C=O) groups excluding carboxylic acids is 1.